The summed E-state index contributed by atoms with van der Waals surface area (Å²) >= 11 is 0. The number of amides is 1. The molecule has 3 aromatic heterocycles. The van der Waals surface area contributed by atoms with E-state index in [0.29, 0.717) is 11.6 Å². The third kappa shape index (κ3) is 2.62. The van der Waals surface area contributed by atoms with Crippen molar-refractivity contribution in [3.8, 4) is 5.95 Å². The molecule has 0 aliphatic carbocycles. The summed E-state index contributed by atoms with van der Waals surface area (Å²) in [5, 5.41) is 2.60. The zero-order valence-corrected chi connectivity index (χ0v) is 11.7. The van der Waals surface area contributed by atoms with Gasteiger partial charge in [0.2, 0.25) is 5.95 Å². The lowest BCUT2D eigenvalue weighted by molar-refractivity contribution is 0.102. The number of imidazole rings is 1. The molecule has 3 heterocycles. The van der Waals surface area contributed by atoms with Crippen LogP contribution in [0.3, 0.4) is 0 Å². The van der Waals surface area contributed by atoms with Crippen LogP contribution in [0, 0.1) is 0 Å². The van der Waals surface area contributed by atoms with Gasteiger partial charge >= 0.3 is 0 Å². The normalized spacial score (nSPS) is 10.4. The number of rotatable bonds is 3. The molecule has 8 nitrogen and oxygen atoms in total. The number of aromatic nitrogens is 5. The second-order valence-corrected chi connectivity index (χ2v) is 4.53. The van der Waals surface area contributed by atoms with Crippen LogP contribution in [-0.4, -0.2) is 30.0 Å². The Kier molecular flexibility index (Phi) is 3.48. The van der Waals surface area contributed by atoms with Crippen molar-refractivity contribution in [3.63, 3.8) is 0 Å². The molecule has 1 N–H and O–H groups in total. The molecule has 3 aromatic rings. The highest BCUT2D eigenvalue weighted by Gasteiger charge is 2.11. The van der Waals surface area contributed by atoms with Gasteiger partial charge in [-0.05, 0) is 12.1 Å². The van der Waals surface area contributed by atoms with Crippen LogP contribution in [-0.2, 0) is 7.05 Å². The van der Waals surface area contributed by atoms with Crippen LogP contribution in [0.15, 0.2) is 54.2 Å². The molecular weight excluding hydrogens is 284 g/mol. The lowest BCUT2D eigenvalue weighted by Crippen LogP contribution is -2.27. The van der Waals surface area contributed by atoms with Crippen molar-refractivity contribution in [1.82, 2.24) is 24.1 Å². The summed E-state index contributed by atoms with van der Waals surface area (Å²) in [5.74, 6) is -0.0636. The average molecular weight is 296 g/mol. The molecule has 0 bridgehead atoms. The summed E-state index contributed by atoms with van der Waals surface area (Å²) in [6, 6.07) is 3.10. The number of hydrogen-bond donors (Lipinski definition) is 1. The summed E-state index contributed by atoms with van der Waals surface area (Å²) in [6.07, 6.45) is 9.41. The van der Waals surface area contributed by atoms with E-state index in [9.17, 15) is 9.59 Å². The smallest absolute Gasteiger partial charge is 0.263 e. The van der Waals surface area contributed by atoms with Gasteiger partial charge in [-0.3, -0.25) is 14.2 Å². The molecule has 0 radical (unpaired) electrons. The van der Waals surface area contributed by atoms with Crippen molar-refractivity contribution >= 4 is 11.6 Å². The van der Waals surface area contributed by atoms with Gasteiger partial charge < -0.3 is 9.88 Å². The fourth-order valence-electron chi connectivity index (χ4n) is 1.87. The number of aryl methyl sites for hydroxylation is 1. The highest BCUT2D eigenvalue weighted by Crippen LogP contribution is 2.07. The van der Waals surface area contributed by atoms with Gasteiger partial charge in [0, 0.05) is 25.6 Å². The summed E-state index contributed by atoms with van der Waals surface area (Å²) in [5.41, 5.74) is 0.0967. The Morgan fingerprint density at radius 3 is 2.68 bits per heavy atom. The molecule has 0 saturated heterocycles. The molecule has 0 aliphatic heterocycles. The fraction of sp³-hybridized carbons (Fsp3) is 0.0714. The number of anilines is 1. The molecule has 0 aromatic carbocycles. The fourth-order valence-corrected chi connectivity index (χ4v) is 1.87. The van der Waals surface area contributed by atoms with Gasteiger partial charge in [-0.15, -0.1) is 0 Å². The zero-order valence-electron chi connectivity index (χ0n) is 11.7. The van der Waals surface area contributed by atoms with Gasteiger partial charge in [0.25, 0.3) is 11.5 Å². The lowest BCUT2D eigenvalue weighted by atomic mass is 10.2. The summed E-state index contributed by atoms with van der Waals surface area (Å²) in [7, 11) is 1.59. The molecule has 3 rings (SSSR count). The quantitative estimate of drug-likeness (QED) is 0.764. The number of carbonyl (C=O) groups is 1. The van der Waals surface area contributed by atoms with E-state index in [2.05, 4.69) is 20.3 Å². The molecular formula is C14H12N6O2. The van der Waals surface area contributed by atoms with E-state index >= 15 is 0 Å². The van der Waals surface area contributed by atoms with Crippen molar-refractivity contribution in [1.29, 1.82) is 0 Å². The first-order valence-corrected chi connectivity index (χ1v) is 6.42. The number of nitrogens with zero attached hydrogens (tertiary/aromatic N) is 5. The van der Waals surface area contributed by atoms with Gasteiger partial charge in [-0.2, -0.15) is 0 Å². The van der Waals surface area contributed by atoms with E-state index < -0.39 is 5.91 Å². The number of carbonyl (C=O) groups excluding carboxylic acids is 1. The van der Waals surface area contributed by atoms with E-state index in [-0.39, 0.29) is 11.1 Å². The Balaban J connectivity index is 1.80. The highest BCUT2D eigenvalue weighted by molar-refractivity contribution is 6.03. The molecule has 0 fully saturated rings. The van der Waals surface area contributed by atoms with E-state index in [1.54, 1.807) is 42.6 Å². The summed E-state index contributed by atoms with van der Waals surface area (Å²) < 4.78 is 2.98. The van der Waals surface area contributed by atoms with Gasteiger partial charge in [-0.1, -0.05) is 0 Å². The molecule has 22 heavy (non-hydrogen) atoms. The monoisotopic (exact) mass is 296 g/mol. The van der Waals surface area contributed by atoms with E-state index in [1.165, 1.54) is 23.0 Å². The number of nitrogens with one attached hydrogen (secondary N) is 1. The first-order chi connectivity index (χ1) is 10.6. The molecule has 0 atom stereocenters. The van der Waals surface area contributed by atoms with Crippen LogP contribution in [0.2, 0.25) is 0 Å². The molecule has 0 spiro atoms. The van der Waals surface area contributed by atoms with Crippen LogP contribution in [0.1, 0.15) is 10.4 Å². The highest BCUT2D eigenvalue weighted by atomic mass is 16.2. The van der Waals surface area contributed by atoms with Crippen molar-refractivity contribution in [2.45, 2.75) is 0 Å². The van der Waals surface area contributed by atoms with Crippen LogP contribution in [0.5, 0.6) is 0 Å². The van der Waals surface area contributed by atoms with Crippen molar-refractivity contribution in [2.75, 3.05) is 5.32 Å². The second kappa shape index (κ2) is 5.60. The van der Waals surface area contributed by atoms with Crippen LogP contribution >= 0.6 is 0 Å². The summed E-state index contributed by atoms with van der Waals surface area (Å²) in [6.45, 7) is 0. The third-order valence-electron chi connectivity index (χ3n) is 3.00. The topological polar surface area (TPSA) is 94.7 Å². The number of hydrogen-bond acceptors (Lipinski definition) is 5. The molecule has 0 saturated carbocycles. The van der Waals surface area contributed by atoms with Crippen molar-refractivity contribution in [3.05, 3.63) is 65.4 Å². The van der Waals surface area contributed by atoms with Gasteiger partial charge in [0.1, 0.15) is 11.9 Å². The Hall–Kier alpha value is -3.29. The van der Waals surface area contributed by atoms with Crippen molar-refractivity contribution in [2.24, 2.45) is 7.05 Å². The zero-order chi connectivity index (χ0) is 15.5. The minimum absolute atomic E-state index is 0.0590. The minimum Gasteiger partial charge on any atom is -0.319 e. The predicted molar refractivity (Wildman–Crippen MR) is 78.8 cm³/mol. The van der Waals surface area contributed by atoms with Gasteiger partial charge in [0.15, 0.2) is 0 Å². The maximum absolute atomic E-state index is 12.1. The second-order valence-electron chi connectivity index (χ2n) is 4.53. The van der Waals surface area contributed by atoms with Crippen LogP contribution in [0.4, 0.5) is 5.69 Å². The van der Waals surface area contributed by atoms with Crippen LogP contribution in [0.25, 0.3) is 5.95 Å². The Labute approximate surface area is 125 Å². The van der Waals surface area contributed by atoms with E-state index in [4.69, 9.17) is 0 Å². The first kappa shape index (κ1) is 13.7. The van der Waals surface area contributed by atoms with E-state index in [0.717, 1.165) is 0 Å². The molecule has 110 valence electrons. The largest absolute Gasteiger partial charge is 0.319 e. The standard InChI is InChI=1S/C14H12N6O2/c1-19-5-2-3-11(13(19)22)12(21)18-10-7-16-14(17-8-10)20-6-4-15-9-20/h2-9H,1H3,(H,18,21). The van der Waals surface area contributed by atoms with E-state index in [1.807, 2.05) is 0 Å². The van der Waals surface area contributed by atoms with Crippen LogP contribution < -0.4 is 10.9 Å². The average Bonchev–Trinajstić information content (AvgIpc) is 3.05. The van der Waals surface area contributed by atoms with Gasteiger partial charge in [0.05, 0.1) is 18.1 Å². The molecule has 0 aliphatic rings. The lowest BCUT2D eigenvalue weighted by Gasteiger charge is -2.06. The van der Waals surface area contributed by atoms with Gasteiger partial charge in [-0.25, -0.2) is 15.0 Å². The third-order valence-corrected chi connectivity index (χ3v) is 3.00. The molecule has 0 unspecified atom stereocenters. The minimum atomic E-state index is -0.500. The number of pyridine rings is 1. The first-order valence-electron chi connectivity index (χ1n) is 6.42. The Morgan fingerprint density at radius 2 is 2.00 bits per heavy atom. The Bertz CT molecular complexity index is 852. The summed E-state index contributed by atoms with van der Waals surface area (Å²) in [4.78, 5) is 36.1. The predicted octanol–water partition coefficient (Wildman–Crippen LogP) is 0.613. The molecule has 1 amide bonds. The Morgan fingerprint density at radius 1 is 1.23 bits per heavy atom. The SMILES string of the molecule is Cn1cccc(C(=O)Nc2cnc(-n3ccnc3)nc2)c1=O. The molecule has 8 heteroatoms. The maximum Gasteiger partial charge on any atom is 0.263 e. The van der Waals surface area contributed by atoms with Crippen molar-refractivity contribution < 1.29 is 4.79 Å². The maximum atomic E-state index is 12.1.